The van der Waals surface area contributed by atoms with E-state index in [1.165, 1.54) is 25.0 Å². The Kier molecular flexibility index (Phi) is 7.36. The van der Waals surface area contributed by atoms with Crippen molar-refractivity contribution in [2.75, 3.05) is 23.9 Å². The van der Waals surface area contributed by atoms with Crippen LogP contribution in [0.4, 0.5) is 15.9 Å². The first-order valence-corrected chi connectivity index (χ1v) is 15.6. The lowest BCUT2D eigenvalue weighted by atomic mass is 10.1. The van der Waals surface area contributed by atoms with Gasteiger partial charge in [-0.3, -0.25) is 4.68 Å². The smallest absolute Gasteiger partial charge is 0.141 e. The minimum atomic E-state index is -0.246. The van der Waals surface area contributed by atoms with E-state index in [2.05, 4.69) is 50.2 Å². The van der Waals surface area contributed by atoms with Crippen molar-refractivity contribution in [1.82, 2.24) is 25.1 Å². The van der Waals surface area contributed by atoms with Gasteiger partial charge in [-0.15, -0.1) is 0 Å². The molecule has 1 fully saturated rings. The molecular weight excluding hydrogens is 547 g/mol. The SMILES string of the molecule is CSCC(NCC1CC1)c1ccc(-c2ccc3ncnc(Nc4ccc5c(cnn5Cc5cccc(F)c5)c4)c3c2)o1. The Morgan fingerprint density at radius 2 is 1.98 bits per heavy atom. The third kappa shape index (κ3) is 5.75. The first-order chi connectivity index (χ1) is 20.6. The molecule has 212 valence electrons. The quantitative estimate of drug-likeness (QED) is 0.164. The predicted octanol–water partition coefficient (Wildman–Crippen LogP) is 7.57. The average Bonchev–Trinajstić information content (AvgIpc) is 3.55. The van der Waals surface area contributed by atoms with E-state index in [0.717, 1.165) is 68.4 Å². The molecule has 0 amide bonds. The third-order valence-electron chi connectivity index (χ3n) is 7.70. The monoisotopic (exact) mass is 578 g/mol. The predicted molar refractivity (Wildman–Crippen MR) is 168 cm³/mol. The third-order valence-corrected chi connectivity index (χ3v) is 8.37. The fourth-order valence-corrected chi connectivity index (χ4v) is 5.90. The molecule has 1 aliphatic rings. The van der Waals surface area contributed by atoms with Gasteiger partial charge in [0.1, 0.15) is 29.5 Å². The van der Waals surface area contributed by atoms with Gasteiger partial charge >= 0.3 is 0 Å². The highest BCUT2D eigenvalue weighted by molar-refractivity contribution is 7.98. The van der Waals surface area contributed by atoms with E-state index in [4.69, 9.17) is 4.42 Å². The van der Waals surface area contributed by atoms with Crippen LogP contribution in [0.15, 0.2) is 89.7 Å². The van der Waals surface area contributed by atoms with Gasteiger partial charge in [0.25, 0.3) is 0 Å². The number of benzene rings is 3. The minimum absolute atomic E-state index is 0.198. The molecule has 1 unspecified atom stereocenters. The molecule has 0 spiro atoms. The largest absolute Gasteiger partial charge is 0.459 e. The number of nitrogens with zero attached hydrogens (tertiary/aromatic N) is 4. The molecule has 0 bridgehead atoms. The summed E-state index contributed by atoms with van der Waals surface area (Å²) in [5, 5.41) is 13.6. The summed E-state index contributed by atoms with van der Waals surface area (Å²) in [4.78, 5) is 9.06. The number of halogens is 1. The van der Waals surface area contributed by atoms with Crippen molar-refractivity contribution in [3.63, 3.8) is 0 Å². The number of furan rings is 1. The summed E-state index contributed by atoms with van der Waals surface area (Å²) in [7, 11) is 0. The van der Waals surface area contributed by atoms with Crippen molar-refractivity contribution in [2.24, 2.45) is 5.92 Å². The van der Waals surface area contributed by atoms with Crippen molar-refractivity contribution in [1.29, 1.82) is 0 Å². The Morgan fingerprint density at radius 3 is 2.83 bits per heavy atom. The standard InChI is InChI=1S/C33H31FN6OS/c1-42-19-29(35-16-21-5-6-21)32-12-11-31(41-32)23-7-9-28-27(15-23)33(37-20-36-28)39-26-8-10-30-24(14-26)17-38-40(30)18-22-3-2-4-25(34)13-22/h2-4,7-15,17,20-21,29,35H,5-6,16,18-19H2,1H3,(H,36,37,39). The van der Waals surface area contributed by atoms with Crippen molar-refractivity contribution >= 4 is 45.1 Å². The van der Waals surface area contributed by atoms with Crippen LogP contribution in [0.2, 0.25) is 0 Å². The van der Waals surface area contributed by atoms with E-state index in [1.54, 1.807) is 12.4 Å². The molecule has 1 aliphatic carbocycles. The maximum absolute atomic E-state index is 13.7. The number of fused-ring (bicyclic) bond motifs is 2. The molecule has 7 nitrogen and oxygen atoms in total. The number of nitrogens with one attached hydrogen (secondary N) is 2. The molecule has 6 aromatic rings. The lowest BCUT2D eigenvalue weighted by Gasteiger charge is -2.15. The first kappa shape index (κ1) is 26.7. The van der Waals surface area contributed by atoms with Crippen LogP contribution in [0.25, 0.3) is 33.1 Å². The van der Waals surface area contributed by atoms with Gasteiger partial charge in [-0.05, 0) is 97.8 Å². The highest BCUT2D eigenvalue weighted by Gasteiger charge is 2.24. The van der Waals surface area contributed by atoms with E-state index in [1.807, 2.05) is 59.0 Å². The van der Waals surface area contributed by atoms with Crippen molar-refractivity contribution in [2.45, 2.75) is 25.4 Å². The van der Waals surface area contributed by atoms with Crippen LogP contribution in [-0.4, -0.2) is 38.3 Å². The van der Waals surface area contributed by atoms with E-state index in [-0.39, 0.29) is 11.9 Å². The minimum Gasteiger partial charge on any atom is -0.459 e. The van der Waals surface area contributed by atoms with E-state index >= 15 is 0 Å². The number of thioether (sulfide) groups is 1. The van der Waals surface area contributed by atoms with Crippen molar-refractivity contribution in [3.8, 4) is 11.3 Å². The molecule has 2 N–H and O–H groups in total. The summed E-state index contributed by atoms with van der Waals surface area (Å²) in [6.07, 6.45) is 8.18. The molecule has 9 heteroatoms. The van der Waals surface area contributed by atoms with E-state index < -0.39 is 0 Å². The Balaban J connectivity index is 1.13. The molecule has 3 aromatic heterocycles. The molecule has 42 heavy (non-hydrogen) atoms. The highest BCUT2D eigenvalue weighted by Crippen LogP contribution is 2.33. The van der Waals surface area contributed by atoms with Gasteiger partial charge in [0.15, 0.2) is 0 Å². The molecule has 3 aromatic carbocycles. The average molecular weight is 579 g/mol. The lowest BCUT2D eigenvalue weighted by Crippen LogP contribution is -2.25. The summed E-state index contributed by atoms with van der Waals surface area (Å²) in [6, 6.07) is 23.1. The van der Waals surface area contributed by atoms with Gasteiger partial charge in [0, 0.05) is 27.8 Å². The summed E-state index contributed by atoms with van der Waals surface area (Å²) in [5.41, 5.74) is 4.55. The molecule has 0 saturated heterocycles. The molecule has 1 atom stereocenters. The number of hydrogen-bond donors (Lipinski definition) is 2. The normalized spacial score (nSPS) is 14.0. The lowest BCUT2D eigenvalue weighted by molar-refractivity contribution is 0.437. The van der Waals surface area contributed by atoms with Crippen LogP contribution in [-0.2, 0) is 6.54 Å². The Morgan fingerprint density at radius 1 is 1.05 bits per heavy atom. The second-order valence-electron chi connectivity index (χ2n) is 10.8. The van der Waals surface area contributed by atoms with Crippen LogP contribution in [0.3, 0.4) is 0 Å². The van der Waals surface area contributed by atoms with Crippen LogP contribution in [0, 0.1) is 11.7 Å². The number of anilines is 2. The number of rotatable bonds is 11. The van der Waals surface area contributed by atoms with Crippen LogP contribution in [0.1, 0.15) is 30.2 Å². The Hall–Kier alpha value is -4.21. The zero-order valence-electron chi connectivity index (χ0n) is 23.3. The topological polar surface area (TPSA) is 80.8 Å². The second-order valence-corrected chi connectivity index (χ2v) is 11.8. The molecule has 0 aliphatic heterocycles. The van der Waals surface area contributed by atoms with Gasteiger partial charge in [0.05, 0.1) is 29.8 Å². The second kappa shape index (κ2) is 11.6. The zero-order chi connectivity index (χ0) is 28.5. The van der Waals surface area contributed by atoms with Gasteiger partial charge in [-0.2, -0.15) is 16.9 Å². The van der Waals surface area contributed by atoms with Crippen LogP contribution < -0.4 is 10.6 Å². The fraction of sp³-hybridized carbons (Fsp3) is 0.242. The molecule has 3 heterocycles. The molecule has 1 saturated carbocycles. The zero-order valence-corrected chi connectivity index (χ0v) is 24.1. The summed E-state index contributed by atoms with van der Waals surface area (Å²) >= 11 is 1.82. The maximum atomic E-state index is 13.7. The summed E-state index contributed by atoms with van der Waals surface area (Å²) in [6.45, 7) is 1.54. The maximum Gasteiger partial charge on any atom is 0.141 e. The van der Waals surface area contributed by atoms with E-state index in [9.17, 15) is 4.39 Å². The van der Waals surface area contributed by atoms with Crippen molar-refractivity contribution in [3.05, 3.63) is 102 Å². The van der Waals surface area contributed by atoms with Gasteiger partial charge in [0.2, 0.25) is 0 Å². The van der Waals surface area contributed by atoms with Crippen LogP contribution >= 0.6 is 11.8 Å². The number of aromatic nitrogens is 4. The molecule has 7 rings (SSSR count). The van der Waals surface area contributed by atoms with Gasteiger partial charge in [-0.25, -0.2) is 14.4 Å². The van der Waals surface area contributed by atoms with Crippen molar-refractivity contribution < 1.29 is 8.81 Å². The van der Waals surface area contributed by atoms with Crippen LogP contribution in [0.5, 0.6) is 0 Å². The van der Waals surface area contributed by atoms with Gasteiger partial charge < -0.3 is 15.1 Å². The molecule has 0 radical (unpaired) electrons. The Labute approximate surface area is 247 Å². The first-order valence-electron chi connectivity index (χ1n) is 14.2. The van der Waals surface area contributed by atoms with Gasteiger partial charge in [-0.1, -0.05) is 12.1 Å². The fourth-order valence-electron chi connectivity index (χ4n) is 5.28. The summed E-state index contributed by atoms with van der Waals surface area (Å²) in [5.74, 6) is 4.04. The molecular formula is C33H31FN6OS. The summed E-state index contributed by atoms with van der Waals surface area (Å²) < 4.78 is 21.9. The number of hydrogen-bond acceptors (Lipinski definition) is 7. The highest BCUT2D eigenvalue weighted by atomic mass is 32.2. The van der Waals surface area contributed by atoms with E-state index in [0.29, 0.717) is 12.4 Å². The Bertz CT molecular complexity index is 1860.